The highest BCUT2D eigenvalue weighted by molar-refractivity contribution is 5.96. The van der Waals surface area contributed by atoms with Gasteiger partial charge in [0, 0.05) is 19.6 Å². The van der Waals surface area contributed by atoms with E-state index >= 15 is 0 Å². The lowest BCUT2D eigenvalue weighted by atomic mass is 10.2. The van der Waals surface area contributed by atoms with Crippen LogP contribution < -0.4 is 15.4 Å². The van der Waals surface area contributed by atoms with Gasteiger partial charge in [-0.05, 0) is 33.3 Å². The van der Waals surface area contributed by atoms with E-state index in [-0.39, 0.29) is 30.7 Å². The van der Waals surface area contributed by atoms with Crippen LogP contribution in [0.15, 0.2) is 24.3 Å². The topological polar surface area (TPSA) is 53.6 Å². The van der Waals surface area contributed by atoms with Crippen molar-refractivity contribution in [3.63, 3.8) is 0 Å². The van der Waals surface area contributed by atoms with Crippen LogP contribution in [0.2, 0.25) is 0 Å². The molecule has 1 aromatic carbocycles. The van der Waals surface area contributed by atoms with Crippen LogP contribution in [0.1, 0.15) is 10.4 Å². The minimum atomic E-state index is -0.101. The quantitative estimate of drug-likeness (QED) is 0.704. The largest absolute Gasteiger partial charge is 0.491 e. The molecule has 0 radical (unpaired) electrons. The third kappa shape index (κ3) is 8.78. The Kier molecular flexibility index (Phi) is 13.5. The Morgan fingerprint density at radius 2 is 1.86 bits per heavy atom. The third-order valence-corrected chi connectivity index (χ3v) is 2.59. The van der Waals surface area contributed by atoms with Crippen molar-refractivity contribution in [3.8, 4) is 5.75 Å². The molecule has 0 fully saturated rings. The highest BCUT2D eigenvalue weighted by atomic mass is 35.5. The zero-order chi connectivity index (χ0) is 14.1. The number of amides is 1. The first-order valence-corrected chi connectivity index (χ1v) is 6.44. The van der Waals surface area contributed by atoms with Gasteiger partial charge in [-0.25, -0.2) is 0 Å². The van der Waals surface area contributed by atoms with Crippen molar-refractivity contribution in [2.45, 2.75) is 0 Å². The molecule has 0 bridgehead atoms. The number of hydrogen-bond acceptors (Lipinski definition) is 4. The molecule has 0 aliphatic carbocycles. The molecule has 21 heavy (non-hydrogen) atoms. The van der Waals surface area contributed by atoms with E-state index in [4.69, 9.17) is 4.74 Å². The van der Waals surface area contributed by atoms with Crippen molar-refractivity contribution in [3.05, 3.63) is 29.8 Å². The summed E-state index contributed by atoms with van der Waals surface area (Å²) >= 11 is 0. The van der Waals surface area contributed by atoms with Crippen molar-refractivity contribution in [1.82, 2.24) is 15.5 Å². The Bertz CT molecular complexity index is 404. The summed E-state index contributed by atoms with van der Waals surface area (Å²) in [7, 11) is 5.82. The van der Waals surface area contributed by atoms with Crippen LogP contribution >= 0.6 is 24.8 Å². The minimum Gasteiger partial charge on any atom is -0.491 e. The summed E-state index contributed by atoms with van der Waals surface area (Å²) in [6.07, 6.45) is 0. The monoisotopic (exact) mass is 337 g/mol. The average molecular weight is 338 g/mol. The summed E-state index contributed by atoms with van der Waals surface area (Å²) < 4.78 is 5.66. The van der Waals surface area contributed by atoms with E-state index < -0.39 is 0 Å². The van der Waals surface area contributed by atoms with Crippen molar-refractivity contribution in [2.75, 3.05) is 47.4 Å². The molecule has 7 heteroatoms. The summed E-state index contributed by atoms with van der Waals surface area (Å²) in [6.45, 7) is 2.72. The van der Waals surface area contributed by atoms with Gasteiger partial charge in [-0.2, -0.15) is 0 Å². The van der Waals surface area contributed by atoms with E-state index in [0.29, 0.717) is 24.5 Å². The number of hydrogen-bond donors (Lipinski definition) is 2. The van der Waals surface area contributed by atoms with Gasteiger partial charge in [-0.1, -0.05) is 12.1 Å². The summed E-state index contributed by atoms with van der Waals surface area (Å²) in [5, 5.41) is 5.83. The summed E-state index contributed by atoms with van der Waals surface area (Å²) in [5.41, 5.74) is 0.581. The molecule has 0 aromatic heterocycles. The lowest BCUT2D eigenvalue weighted by Crippen LogP contribution is -2.30. The number of ether oxygens (including phenoxy) is 1. The zero-order valence-corrected chi connectivity index (χ0v) is 14.4. The first kappa shape index (κ1) is 22.3. The van der Waals surface area contributed by atoms with Gasteiger partial charge in [0.15, 0.2) is 0 Å². The minimum absolute atomic E-state index is 0. The number of nitrogens with zero attached hydrogens (tertiary/aromatic N) is 1. The predicted octanol–water partition coefficient (Wildman–Crippen LogP) is 1.42. The molecule has 0 aliphatic rings. The van der Waals surface area contributed by atoms with Gasteiger partial charge >= 0.3 is 0 Å². The highest BCUT2D eigenvalue weighted by Crippen LogP contribution is 2.17. The second kappa shape index (κ2) is 12.7. The van der Waals surface area contributed by atoms with Crippen molar-refractivity contribution >= 4 is 30.7 Å². The van der Waals surface area contributed by atoms with Gasteiger partial charge < -0.3 is 20.3 Å². The lowest BCUT2D eigenvalue weighted by Gasteiger charge is -2.14. The number of nitrogens with one attached hydrogen (secondary N) is 2. The normalized spacial score (nSPS) is 9.52. The number of para-hydroxylation sites is 1. The molecule has 1 amide bonds. The van der Waals surface area contributed by atoms with Gasteiger partial charge in [-0.3, -0.25) is 4.79 Å². The lowest BCUT2D eigenvalue weighted by molar-refractivity contribution is 0.0949. The first-order valence-electron chi connectivity index (χ1n) is 6.44. The van der Waals surface area contributed by atoms with Crippen molar-refractivity contribution < 1.29 is 9.53 Å². The van der Waals surface area contributed by atoms with E-state index in [9.17, 15) is 4.79 Å². The molecular weight excluding hydrogens is 313 g/mol. The smallest absolute Gasteiger partial charge is 0.255 e. The summed E-state index contributed by atoms with van der Waals surface area (Å²) in [5.74, 6) is 0.530. The fraction of sp³-hybridized carbons (Fsp3) is 0.500. The van der Waals surface area contributed by atoms with Crippen LogP contribution in [0.4, 0.5) is 0 Å². The Hall–Kier alpha value is -1.01. The maximum Gasteiger partial charge on any atom is 0.255 e. The van der Waals surface area contributed by atoms with Crippen molar-refractivity contribution in [2.24, 2.45) is 0 Å². The number of halogens is 2. The maximum absolute atomic E-state index is 12.0. The molecule has 0 saturated heterocycles. The van der Waals surface area contributed by atoms with E-state index in [1.807, 2.05) is 44.2 Å². The second-order valence-electron chi connectivity index (χ2n) is 4.51. The maximum atomic E-state index is 12.0. The van der Waals surface area contributed by atoms with E-state index in [1.165, 1.54) is 0 Å². The van der Waals surface area contributed by atoms with Crippen LogP contribution in [0, 0.1) is 0 Å². The number of rotatable bonds is 8. The summed E-state index contributed by atoms with van der Waals surface area (Å²) in [6, 6.07) is 7.31. The zero-order valence-electron chi connectivity index (χ0n) is 12.7. The van der Waals surface area contributed by atoms with Gasteiger partial charge in [-0.15, -0.1) is 24.8 Å². The van der Waals surface area contributed by atoms with Crippen LogP contribution in [0.3, 0.4) is 0 Å². The number of carbonyl (C=O) groups is 1. The van der Waals surface area contributed by atoms with Crippen LogP contribution in [0.5, 0.6) is 5.75 Å². The number of likely N-dealkylation sites (N-methyl/N-ethyl adjacent to an activating group) is 2. The molecule has 0 saturated carbocycles. The van der Waals surface area contributed by atoms with E-state index in [1.54, 1.807) is 6.07 Å². The molecule has 2 N–H and O–H groups in total. The van der Waals surface area contributed by atoms with Gasteiger partial charge in [0.25, 0.3) is 5.91 Å². The highest BCUT2D eigenvalue weighted by Gasteiger charge is 2.11. The molecule has 0 aliphatic heterocycles. The number of benzene rings is 1. The Morgan fingerprint density at radius 3 is 2.48 bits per heavy atom. The molecule has 0 unspecified atom stereocenters. The molecular formula is C14H25Cl2N3O2. The van der Waals surface area contributed by atoms with E-state index in [0.717, 1.165) is 13.1 Å². The molecule has 0 heterocycles. The third-order valence-electron chi connectivity index (χ3n) is 2.59. The molecule has 1 aromatic rings. The fourth-order valence-electron chi connectivity index (χ4n) is 1.51. The molecule has 122 valence electrons. The van der Waals surface area contributed by atoms with E-state index in [2.05, 4.69) is 10.6 Å². The Labute approximate surface area is 139 Å². The Balaban J connectivity index is 0. The molecule has 0 spiro atoms. The van der Waals surface area contributed by atoms with Gasteiger partial charge in [0.1, 0.15) is 12.4 Å². The van der Waals surface area contributed by atoms with Gasteiger partial charge in [0.2, 0.25) is 0 Å². The first-order chi connectivity index (χ1) is 9.15. The standard InChI is InChI=1S/C14H23N3O2.2ClH/c1-15-8-9-16-14(18)12-6-4-5-7-13(12)19-11-10-17(2)3;;/h4-7,15H,8-11H2,1-3H3,(H,16,18);2*1H. The van der Waals surface area contributed by atoms with Crippen molar-refractivity contribution in [1.29, 1.82) is 0 Å². The Morgan fingerprint density at radius 1 is 1.19 bits per heavy atom. The predicted molar refractivity (Wildman–Crippen MR) is 91.2 cm³/mol. The average Bonchev–Trinajstić information content (AvgIpc) is 2.39. The SMILES string of the molecule is CNCCNC(=O)c1ccccc1OCCN(C)C.Cl.Cl. The van der Waals surface area contributed by atoms with Crippen LogP contribution in [-0.4, -0.2) is 58.2 Å². The molecule has 0 atom stereocenters. The van der Waals surface area contributed by atoms with Crippen LogP contribution in [0.25, 0.3) is 0 Å². The fourth-order valence-corrected chi connectivity index (χ4v) is 1.51. The molecule has 5 nitrogen and oxygen atoms in total. The van der Waals surface area contributed by atoms with Crippen LogP contribution in [-0.2, 0) is 0 Å². The van der Waals surface area contributed by atoms with Gasteiger partial charge in [0.05, 0.1) is 5.56 Å². The molecule has 1 rings (SSSR count). The second-order valence-corrected chi connectivity index (χ2v) is 4.51. The summed E-state index contributed by atoms with van der Waals surface area (Å²) in [4.78, 5) is 14.0. The number of carbonyl (C=O) groups excluding carboxylic acids is 1.